The summed E-state index contributed by atoms with van der Waals surface area (Å²) in [5.41, 5.74) is 5.59. The van der Waals surface area contributed by atoms with Crippen molar-refractivity contribution < 1.29 is 9.47 Å². The summed E-state index contributed by atoms with van der Waals surface area (Å²) in [7, 11) is 0. The summed E-state index contributed by atoms with van der Waals surface area (Å²) in [4.78, 5) is 12.1. The van der Waals surface area contributed by atoms with Gasteiger partial charge in [0, 0.05) is 12.6 Å². The standard InChI is InChI=1S/C11H19N5O2/c1-3-17-8-5-7(6-8)13-10-14-9(12)15-11(16-10)18-4-2/h7-8H,3-6H2,1-2H3,(H3,12,13,14,15,16). The predicted octanol–water partition coefficient (Wildman–Crippen LogP) is 0.832. The number of rotatable bonds is 6. The minimum Gasteiger partial charge on any atom is -0.464 e. The van der Waals surface area contributed by atoms with Gasteiger partial charge in [0.25, 0.3) is 0 Å². The molecule has 1 heterocycles. The van der Waals surface area contributed by atoms with Crippen LogP contribution in [-0.2, 0) is 4.74 Å². The molecule has 0 radical (unpaired) electrons. The lowest BCUT2D eigenvalue weighted by Gasteiger charge is -2.35. The molecule has 1 aromatic heterocycles. The van der Waals surface area contributed by atoms with Crippen LogP contribution in [0.1, 0.15) is 26.7 Å². The summed E-state index contributed by atoms with van der Waals surface area (Å²) in [5.74, 6) is 0.627. The molecule has 3 N–H and O–H groups in total. The molecular weight excluding hydrogens is 234 g/mol. The van der Waals surface area contributed by atoms with Crippen molar-refractivity contribution >= 4 is 11.9 Å². The first-order valence-corrected chi connectivity index (χ1v) is 6.23. The average molecular weight is 253 g/mol. The first kappa shape index (κ1) is 12.8. The van der Waals surface area contributed by atoms with Gasteiger partial charge in [-0.2, -0.15) is 15.0 Å². The molecule has 2 rings (SSSR count). The van der Waals surface area contributed by atoms with Gasteiger partial charge in [0.05, 0.1) is 12.7 Å². The van der Waals surface area contributed by atoms with Crippen molar-refractivity contribution in [2.24, 2.45) is 0 Å². The molecular formula is C11H19N5O2. The monoisotopic (exact) mass is 253 g/mol. The zero-order valence-corrected chi connectivity index (χ0v) is 10.7. The maximum absolute atomic E-state index is 5.59. The van der Waals surface area contributed by atoms with Gasteiger partial charge < -0.3 is 20.5 Å². The van der Waals surface area contributed by atoms with Crippen LogP contribution in [0.15, 0.2) is 0 Å². The third kappa shape index (κ3) is 3.19. The van der Waals surface area contributed by atoms with E-state index in [0.717, 1.165) is 19.4 Å². The highest BCUT2D eigenvalue weighted by Gasteiger charge is 2.30. The van der Waals surface area contributed by atoms with E-state index in [0.29, 0.717) is 24.7 Å². The highest BCUT2D eigenvalue weighted by Crippen LogP contribution is 2.26. The molecule has 0 bridgehead atoms. The van der Waals surface area contributed by atoms with Crippen LogP contribution in [0, 0.1) is 0 Å². The van der Waals surface area contributed by atoms with Gasteiger partial charge in [-0.25, -0.2) is 0 Å². The number of nitrogens with one attached hydrogen (secondary N) is 1. The van der Waals surface area contributed by atoms with E-state index in [1.807, 2.05) is 13.8 Å². The van der Waals surface area contributed by atoms with Gasteiger partial charge in [0.1, 0.15) is 0 Å². The summed E-state index contributed by atoms with van der Waals surface area (Å²) >= 11 is 0. The Morgan fingerprint density at radius 2 is 2.00 bits per heavy atom. The van der Waals surface area contributed by atoms with Crippen LogP contribution in [-0.4, -0.2) is 40.3 Å². The lowest BCUT2D eigenvalue weighted by atomic mass is 9.89. The van der Waals surface area contributed by atoms with Crippen LogP contribution < -0.4 is 15.8 Å². The van der Waals surface area contributed by atoms with Gasteiger partial charge in [-0.15, -0.1) is 0 Å². The number of aromatic nitrogens is 3. The van der Waals surface area contributed by atoms with Crippen molar-refractivity contribution in [3.63, 3.8) is 0 Å². The number of nitrogen functional groups attached to an aromatic ring is 1. The molecule has 0 amide bonds. The number of nitrogens with zero attached hydrogens (tertiary/aromatic N) is 3. The molecule has 0 aromatic carbocycles. The Morgan fingerprint density at radius 3 is 2.67 bits per heavy atom. The molecule has 18 heavy (non-hydrogen) atoms. The van der Waals surface area contributed by atoms with Crippen LogP contribution >= 0.6 is 0 Å². The van der Waals surface area contributed by atoms with Gasteiger partial charge >= 0.3 is 6.01 Å². The second-order valence-corrected chi connectivity index (χ2v) is 4.12. The second kappa shape index (κ2) is 5.81. The SMILES string of the molecule is CCOc1nc(N)nc(NC2CC(OCC)C2)n1. The van der Waals surface area contributed by atoms with Crippen molar-refractivity contribution in [1.82, 2.24) is 15.0 Å². The average Bonchev–Trinajstić information content (AvgIpc) is 2.26. The van der Waals surface area contributed by atoms with Crippen LogP contribution in [0.2, 0.25) is 0 Å². The fourth-order valence-corrected chi connectivity index (χ4v) is 1.87. The molecule has 0 saturated heterocycles. The molecule has 1 aliphatic rings. The Hall–Kier alpha value is -1.63. The Labute approximate surface area is 106 Å². The van der Waals surface area contributed by atoms with Crippen LogP contribution in [0.4, 0.5) is 11.9 Å². The molecule has 0 atom stereocenters. The van der Waals surface area contributed by atoms with Crippen LogP contribution in [0.5, 0.6) is 6.01 Å². The molecule has 7 heteroatoms. The Bertz CT molecular complexity index is 395. The van der Waals surface area contributed by atoms with E-state index in [1.165, 1.54) is 0 Å². The molecule has 1 fully saturated rings. The minimum absolute atomic E-state index is 0.164. The lowest BCUT2D eigenvalue weighted by molar-refractivity contribution is 0.00284. The van der Waals surface area contributed by atoms with E-state index >= 15 is 0 Å². The van der Waals surface area contributed by atoms with E-state index in [2.05, 4.69) is 20.3 Å². The number of anilines is 2. The van der Waals surface area contributed by atoms with Crippen LogP contribution in [0.25, 0.3) is 0 Å². The van der Waals surface area contributed by atoms with Gasteiger partial charge in [-0.05, 0) is 26.7 Å². The van der Waals surface area contributed by atoms with Gasteiger partial charge in [-0.1, -0.05) is 0 Å². The van der Waals surface area contributed by atoms with Crippen molar-refractivity contribution in [1.29, 1.82) is 0 Å². The topological polar surface area (TPSA) is 95.2 Å². The third-order valence-corrected chi connectivity index (χ3v) is 2.74. The van der Waals surface area contributed by atoms with E-state index in [1.54, 1.807) is 0 Å². The van der Waals surface area contributed by atoms with Crippen LogP contribution in [0.3, 0.4) is 0 Å². The number of hydrogen-bond donors (Lipinski definition) is 2. The highest BCUT2D eigenvalue weighted by molar-refractivity contribution is 5.34. The Kier molecular flexibility index (Phi) is 4.14. The molecule has 1 aromatic rings. The first-order chi connectivity index (χ1) is 8.71. The van der Waals surface area contributed by atoms with E-state index < -0.39 is 0 Å². The van der Waals surface area contributed by atoms with Gasteiger partial charge in [-0.3, -0.25) is 0 Å². The van der Waals surface area contributed by atoms with Crippen molar-refractivity contribution in [2.45, 2.75) is 38.8 Å². The third-order valence-electron chi connectivity index (χ3n) is 2.74. The quantitative estimate of drug-likeness (QED) is 0.775. The fourth-order valence-electron chi connectivity index (χ4n) is 1.87. The molecule has 7 nitrogen and oxygen atoms in total. The molecule has 0 aliphatic heterocycles. The molecule has 0 spiro atoms. The maximum Gasteiger partial charge on any atom is 0.323 e. The van der Waals surface area contributed by atoms with Crippen molar-refractivity contribution in [3.8, 4) is 6.01 Å². The summed E-state index contributed by atoms with van der Waals surface area (Å²) < 4.78 is 10.7. The summed E-state index contributed by atoms with van der Waals surface area (Å²) in [6, 6.07) is 0.589. The van der Waals surface area contributed by atoms with E-state index in [4.69, 9.17) is 15.2 Å². The summed E-state index contributed by atoms with van der Waals surface area (Å²) in [5, 5.41) is 3.20. The maximum atomic E-state index is 5.59. The summed E-state index contributed by atoms with van der Waals surface area (Å²) in [6.45, 7) is 5.12. The molecule has 1 aliphatic carbocycles. The number of hydrogen-bond acceptors (Lipinski definition) is 7. The largest absolute Gasteiger partial charge is 0.464 e. The highest BCUT2D eigenvalue weighted by atomic mass is 16.5. The summed E-state index contributed by atoms with van der Waals surface area (Å²) in [6.07, 6.45) is 2.27. The normalized spacial score (nSPS) is 22.3. The molecule has 0 unspecified atom stereocenters. The predicted molar refractivity (Wildman–Crippen MR) is 67.5 cm³/mol. The lowest BCUT2D eigenvalue weighted by Crippen LogP contribution is -2.41. The Morgan fingerprint density at radius 1 is 1.22 bits per heavy atom. The minimum atomic E-state index is 0.164. The first-order valence-electron chi connectivity index (χ1n) is 6.23. The molecule has 1 saturated carbocycles. The van der Waals surface area contributed by atoms with E-state index in [9.17, 15) is 0 Å². The van der Waals surface area contributed by atoms with Crippen molar-refractivity contribution in [2.75, 3.05) is 24.3 Å². The smallest absolute Gasteiger partial charge is 0.323 e. The zero-order valence-electron chi connectivity index (χ0n) is 10.7. The Balaban J connectivity index is 1.90. The fraction of sp³-hybridized carbons (Fsp3) is 0.727. The molecule has 100 valence electrons. The number of ether oxygens (including phenoxy) is 2. The van der Waals surface area contributed by atoms with E-state index in [-0.39, 0.29) is 12.0 Å². The van der Waals surface area contributed by atoms with Gasteiger partial charge in [0.15, 0.2) is 0 Å². The second-order valence-electron chi connectivity index (χ2n) is 4.12. The zero-order chi connectivity index (χ0) is 13.0. The van der Waals surface area contributed by atoms with Gasteiger partial charge in [0.2, 0.25) is 11.9 Å². The van der Waals surface area contributed by atoms with Crippen molar-refractivity contribution in [3.05, 3.63) is 0 Å². The number of nitrogens with two attached hydrogens (primary N) is 1.